The number of thiocarbonyl (C=S) groups is 1. The van der Waals surface area contributed by atoms with Gasteiger partial charge in [-0.15, -0.1) is 0 Å². The van der Waals surface area contributed by atoms with Crippen LogP contribution < -0.4 is 10.6 Å². The Morgan fingerprint density at radius 1 is 1.25 bits per heavy atom. The summed E-state index contributed by atoms with van der Waals surface area (Å²) in [5, 5.41) is 7.05. The first-order chi connectivity index (χ1) is 7.83. The molecule has 0 aliphatic heterocycles. The fourth-order valence-electron chi connectivity index (χ4n) is 1.27. The molecule has 4 heteroatoms. The Balaban J connectivity index is 2.12. The number of unbranched alkanes of at least 4 members (excludes halogenated alkanes) is 1. The quantitative estimate of drug-likeness (QED) is 0.602. The van der Waals surface area contributed by atoms with Crippen LogP contribution >= 0.6 is 24.0 Å². The molecule has 0 heterocycles. The Hall–Kier alpha value is -0.740. The lowest BCUT2D eigenvalue weighted by molar-refractivity contribution is 0.764. The second-order valence-electron chi connectivity index (χ2n) is 3.45. The van der Waals surface area contributed by atoms with Gasteiger partial charge in [-0.1, -0.05) is 18.2 Å². The summed E-state index contributed by atoms with van der Waals surface area (Å²) >= 11 is 7.07. The normalized spacial score (nSPS) is 9.81. The molecule has 2 N–H and O–H groups in total. The van der Waals surface area contributed by atoms with Crippen molar-refractivity contribution in [1.29, 1.82) is 0 Å². The highest BCUT2D eigenvalue weighted by Crippen LogP contribution is 2.04. The summed E-state index contributed by atoms with van der Waals surface area (Å²) in [6.07, 6.45) is 4.54. The number of benzene rings is 1. The van der Waals surface area contributed by atoms with Gasteiger partial charge < -0.3 is 10.6 Å². The predicted octanol–water partition coefficient (Wildman–Crippen LogP) is 3.12. The van der Waals surface area contributed by atoms with Crippen LogP contribution in [0, 0.1) is 0 Å². The monoisotopic (exact) mass is 254 g/mol. The molecule has 1 aromatic carbocycles. The molecule has 16 heavy (non-hydrogen) atoms. The zero-order chi connectivity index (χ0) is 11.6. The first kappa shape index (κ1) is 13.3. The Labute approximate surface area is 107 Å². The number of hydrogen-bond acceptors (Lipinski definition) is 2. The van der Waals surface area contributed by atoms with Crippen molar-refractivity contribution in [2.45, 2.75) is 12.8 Å². The van der Waals surface area contributed by atoms with E-state index in [1.165, 1.54) is 12.2 Å². The Morgan fingerprint density at radius 2 is 2.00 bits per heavy atom. The second kappa shape index (κ2) is 8.42. The number of hydrogen-bond donors (Lipinski definition) is 2. The summed E-state index contributed by atoms with van der Waals surface area (Å²) in [6.45, 7) is 0.944. The van der Waals surface area contributed by atoms with Gasteiger partial charge in [0.15, 0.2) is 5.11 Å². The average Bonchev–Trinajstić information content (AvgIpc) is 2.30. The van der Waals surface area contributed by atoms with E-state index in [4.69, 9.17) is 12.2 Å². The molecule has 0 bridgehead atoms. The van der Waals surface area contributed by atoms with Crippen LogP contribution in [0.25, 0.3) is 0 Å². The summed E-state index contributed by atoms with van der Waals surface area (Å²) in [6, 6.07) is 9.97. The van der Waals surface area contributed by atoms with E-state index >= 15 is 0 Å². The minimum atomic E-state index is 0.704. The maximum Gasteiger partial charge on any atom is 0.170 e. The number of para-hydroxylation sites is 1. The molecule has 0 amide bonds. The lowest BCUT2D eigenvalue weighted by atomic mass is 10.3. The summed E-state index contributed by atoms with van der Waals surface area (Å²) < 4.78 is 0. The lowest BCUT2D eigenvalue weighted by Crippen LogP contribution is -2.29. The van der Waals surface area contributed by atoms with Crippen molar-refractivity contribution in [3.8, 4) is 0 Å². The molecule has 0 atom stereocenters. The summed E-state index contributed by atoms with van der Waals surface area (Å²) in [5.74, 6) is 1.22. The van der Waals surface area contributed by atoms with Gasteiger partial charge in [0.2, 0.25) is 0 Å². The molecule has 0 spiro atoms. The van der Waals surface area contributed by atoms with Crippen molar-refractivity contribution in [1.82, 2.24) is 5.32 Å². The average molecular weight is 254 g/mol. The molecule has 0 aromatic heterocycles. The number of anilines is 1. The zero-order valence-electron chi connectivity index (χ0n) is 9.53. The lowest BCUT2D eigenvalue weighted by Gasteiger charge is -2.09. The summed E-state index contributed by atoms with van der Waals surface area (Å²) in [4.78, 5) is 0. The molecular weight excluding hydrogens is 236 g/mol. The van der Waals surface area contributed by atoms with E-state index in [1.807, 2.05) is 42.1 Å². The highest BCUT2D eigenvalue weighted by atomic mass is 32.2. The Morgan fingerprint density at radius 3 is 2.69 bits per heavy atom. The molecule has 0 fully saturated rings. The fraction of sp³-hybridized carbons (Fsp3) is 0.417. The van der Waals surface area contributed by atoms with Gasteiger partial charge in [0.1, 0.15) is 0 Å². The molecule has 1 rings (SSSR count). The van der Waals surface area contributed by atoms with Gasteiger partial charge in [0, 0.05) is 12.2 Å². The molecule has 0 aliphatic carbocycles. The molecule has 2 nitrogen and oxygen atoms in total. The Bertz CT molecular complexity index is 301. The van der Waals surface area contributed by atoms with Crippen molar-refractivity contribution in [3.05, 3.63) is 30.3 Å². The second-order valence-corrected chi connectivity index (χ2v) is 4.84. The van der Waals surface area contributed by atoms with Crippen LogP contribution in [0.2, 0.25) is 0 Å². The molecule has 0 unspecified atom stereocenters. The first-order valence-corrected chi connectivity index (χ1v) is 7.22. The van der Waals surface area contributed by atoms with Crippen LogP contribution in [0.3, 0.4) is 0 Å². The van der Waals surface area contributed by atoms with Crippen LogP contribution in [0.1, 0.15) is 12.8 Å². The predicted molar refractivity (Wildman–Crippen MR) is 78.3 cm³/mol. The molecule has 0 aliphatic rings. The highest BCUT2D eigenvalue weighted by Gasteiger charge is 1.95. The maximum atomic E-state index is 5.19. The van der Waals surface area contributed by atoms with E-state index < -0.39 is 0 Å². The highest BCUT2D eigenvalue weighted by molar-refractivity contribution is 7.98. The van der Waals surface area contributed by atoms with E-state index in [0.29, 0.717) is 5.11 Å². The van der Waals surface area contributed by atoms with Gasteiger partial charge in [-0.25, -0.2) is 0 Å². The standard InChI is InChI=1S/C12H18N2S2/c1-16-10-6-5-9-13-12(15)14-11-7-3-2-4-8-11/h2-4,7-8H,5-6,9-10H2,1H3,(H2,13,14,15). The third kappa shape index (κ3) is 5.98. The molecule has 0 saturated heterocycles. The van der Waals surface area contributed by atoms with Gasteiger partial charge in [-0.05, 0) is 49.2 Å². The molecule has 0 radical (unpaired) electrons. The zero-order valence-corrected chi connectivity index (χ0v) is 11.2. The van der Waals surface area contributed by atoms with Crippen LogP contribution in [0.4, 0.5) is 5.69 Å². The van der Waals surface area contributed by atoms with Gasteiger partial charge in [0.25, 0.3) is 0 Å². The molecular formula is C12H18N2S2. The Kier molecular flexibility index (Phi) is 7.01. The number of nitrogens with one attached hydrogen (secondary N) is 2. The minimum absolute atomic E-state index is 0.704. The molecule has 1 aromatic rings. The van der Waals surface area contributed by atoms with Crippen LogP contribution in [-0.4, -0.2) is 23.7 Å². The van der Waals surface area contributed by atoms with Crippen molar-refractivity contribution in [2.24, 2.45) is 0 Å². The smallest absolute Gasteiger partial charge is 0.170 e. The van der Waals surface area contributed by atoms with E-state index in [-0.39, 0.29) is 0 Å². The third-order valence-electron chi connectivity index (χ3n) is 2.09. The van der Waals surface area contributed by atoms with Crippen LogP contribution in [0.15, 0.2) is 30.3 Å². The van der Waals surface area contributed by atoms with Crippen LogP contribution in [0.5, 0.6) is 0 Å². The van der Waals surface area contributed by atoms with E-state index in [1.54, 1.807) is 0 Å². The van der Waals surface area contributed by atoms with Crippen molar-refractivity contribution in [2.75, 3.05) is 23.9 Å². The van der Waals surface area contributed by atoms with E-state index in [0.717, 1.165) is 18.7 Å². The first-order valence-electron chi connectivity index (χ1n) is 5.42. The molecule has 88 valence electrons. The minimum Gasteiger partial charge on any atom is -0.362 e. The van der Waals surface area contributed by atoms with Gasteiger partial charge >= 0.3 is 0 Å². The van der Waals surface area contributed by atoms with Crippen molar-refractivity contribution in [3.63, 3.8) is 0 Å². The van der Waals surface area contributed by atoms with Gasteiger partial charge in [-0.3, -0.25) is 0 Å². The third-order valence-corrected chi connectivity index (χ3v) is 3.04. The van der Waals surface area contributed by atoms with Gasteiger partial charge in [0.05, 0.1) is 0 Å². The SMILES string of the molecule is CSCCCCNC(=S)Nc1ccccc1. The van der Waals surface area contributed by atoms with Gasteiger partial charge in [-0.2, -0.15) is 11.8 Å². The van der Waals surface area contributed by atoms with E-state index in [2.05, 4.69) is 16.9 Å². The number of rotatable bonds is 6. The van der Waals surface area contributed by atoms with E-state index in [9.17, 15) is 0 Å². The van der Waals surface area contributed by atoms with Crippen LogP contribution in [-0.2, 0) is 0 Å². The molecule has 0 saturated carbocycles. The fourth-order valence-corrected chi connectivity index (χ4v) is 1.98. The van der Waals surface area contributed by atoms with Crippen molar-refractivity contribution >= 4 is 34.8 Å². The summed E-state index contributed by atoms with van der Waals surface area (Å²) in [7, 11) is 0. The largest absolute Gasteiger partial charge is 0.362 e. The number of thioether (sulfide) groups is 1. The van der Waals surface area contributed by atoms with Crippen molar-refractivity contribution < 1.29 is 0 Å². The maximum absolute atomic E-state index is 5.19. The summed E-state index contributed by atoms with van der Waals surface area (Å²) in [5.41, 5.74) is 1.03. The topological polar surface area (TPSA) is 24.1 Å².